The number of aliphatic hydroxyl groups excluding tert-OH is 1. The van der Waals surface area contributed by atoms with Crippen LogP contribution in [-0.4, -0.2) is 24.8 Å². The van der Waals surface area contributed by atoms with Crippen molar-refractivity contribution in [1.82, 2.24) is 0 Å². The van der Waals surface area contributed by atoms with E-state index in [0.29, 0.717) is 12.5 Å². The van der Waals surface area contributed by atoms with Crippen LogP contribution in [0.5, 0.6) is 0 Å². The third-order valence-electron chi connectivity index (χ3n) is 6.04. The lowest BCUT2D eigenvalue weighted by molar-refractivity contribution is -0.922. The van der Waals surface area contributed by atoms with Crippen LogP contribution in [0.4, 0.5) is 0 Å². The molecule has 1 fully saturated rings. The number of quaternary nitrogens is 1. The van der Waals surface area contributed by atoms with Gasteiger partial charge in [-0.3, -0.25) is 0 Å². The van der Waals surface area contributed by atoms with Gasteiger partial charge in [-0.15, -0.1) is 0 Å². The van der Waals surface area contributed by atoms with Crippen molar-refractivity contribution in [3.8, 4) is 0 Å². The molecule has 0 amide bonds. The van der Waals surface area contributed by atoms with Crippen molar-refractivity contribution in [2.45, 2.75) is 19.4 Å². The second-order valence-corrected chi connectivity index (χ2v) is 7.65. The zero-order valence-electron chi connectivity index (χ0n) is 14.5. The number of nitrogens with one attached hydrogen (secondary N) is 1. The summed E-state index contributed by atoms with van der Waals surface area (Å²) in [6.45, 7) is 3.71. The van der Waals surface area contributed by atoms with Crippen LogP contribution in [0.25, 0.3) is 32.3 Å². The number of rotatable bonds is 3. The highest BCUT2D eigenvalue weighted by Gasteiger charge is 2.23. The van der Waals surface area contributed by atoms with Crippen molar-refractivity contribution >= 4 is 32.3 Å². The first-order valence-electron chi connectivity index (χ1n) is 9.43. The fourth-order valence-corrected chi connectivity index (χ4v) is 4.79. The summed E-state index contributed by atoms with van der Waals surface area (Å²) >= 11 is 0. The van der Waals surface area contributed by atoms with E-state index in [1.807, 2.05) is 0 Å². The molecule has 0 saturated carbocycles. The number of hydrogen-bond acceptors (Lipinski definition) is 1. The normalized spacial score (nSPS) is 21.5. The van der Waals surface area contributed by atoms with Gasteiger partial charge < -0.3 is 10.0 Å². The lowest BCUT2D eigenvalue weighted by Gasteiger charge is -2.29. The molecule has 1 unspecified atom stereocenters. The smallest absolute Gasteiger partial charge is 0.103 e. The van der Waals surface area contributed by atoms with Gasteiger partial charge in [-0.1, -0.05) is 54.6 Å². The second-order valence-electron chi connectivity index (χ2n) is 7.65. The maximum absolute atomic E-state index is 9.52. The molecule has 0 spiro atoms. The van der Waals surface area contributed by atoms with Crippen molar-refractivity contribution in [2.75, 3.05) is 19.7 Å². The molecule has 1 aliphatic heterocycles. The maximum atomic E-state index is 9.52. The van der Waals surface area contributed by atoms with Gasteiger partial charge in [-0.25, -0.2) is 0 Å². The Labute approximate surface area is 148 Å². The lowest BCUT2D eigenvalue weighted by atomic mass is 9.91. The number of piperidine rings is 1. The summed E-state index contributed by atoms with van der Waals surface area (Å²) in [4.78, 5) is 1.61. The third-order valence-corrected chi connectivity index (χ3v) is 6.04. The molecule has 1 saturated heterocycles. The summed E-state index contributed by atoms with van der Waals surface area (Å²) in [6.07, 6.45) is 2.41. The van der Waals surface area contributed by atoms with Crippen LogP contribution in [0, 0.1) is 5.92 Å². The molecule has 1 heterocycles. The first-order chi connectivity index (χ1) is 12.3. The molecule has 126 valence electrons. The van der Waals surface area contributed by atoms with Crippen molar-refractivity contribution in [3.05, 3.63) is 60.2 Å². The van der Waals surface area contributed by atoms with Crippen LogP contribution in [-0.2, 0) is 6.54 Å². The number of benzene rings is 4. The molecule has 0 radical (unpaired) electrons. The van der Waals surface area contributed by atoms with Crippen molar-refractivity contribution in [1.29, 1.82) is 0 Å². The first kappa shape index (κ1) is 15.1. The summed E-state index contributed by atoms with van der Waals surface area (Å²) in [5, 5.41) is 17.7. The molecule has 2 N–H and O–H groups in total. The predicted molar refractivity (Wildman–Crippen MR) is 104 cm³/mol. The number of aliphatic hydroxyl groups is 1. The summed E-state index contributed by atoms with van der Waals surface area (Å²) in [6, 6.07) is 20.3. The van der Waals surface area contributed by atoms with Crippen LogP contribution < -0.4 is 4.90 Å². The first-order valence-corrected chi connectivity index (χ1v) is 9.43. The van der Waals surface area contributed by atoms with Crippen LogP contribution in [0.3, 0.4) is 0 Å². The molecule has 25 heavy (non-hydrogen) atoms. The van der Waals surface area contributed by atoms with E-state index in [9.17, 15) is 5.11 Å². The zero-order chi connectivity index (χ0) is 16.8. The SMILES string of the molecule is OC[C@@H]1CCC[NH+](Cc2ccc3ccc4cccc5ccc2c3c45)C1. The van der Waals surface area contributed by atoms with Gasteiger partial charge in [0.2, 0.25) is 0 Å². The highest BCUT2D eigenvalue weighted by Crippen LogP contribution is 2.35. The standard InChI is InChI=1S/C23H23NO/c25-15-16-3-2-12-24(13-16)14-20-9-8-19-7-6-17-4-1-5-18-10-11-21(20)23(19)22(17)18/h1,4-11,16,25H,2-3,12-15H2/p+1/t16-/m1/s1. The molecular weight excluding hydrogens is 306 g/mol. The van der Waals surface area contributed by atoms with Crippen LogP contribution in [0.1, 0.15) is 18.4 Å². The summed E-state index contributed by atoms with van der Waals surface area (Å²) < 4.78 is 0. The fraction of sp³-hybridized carbons (Fsp3) is 0.304. The number of hydrogen-bond donors (Lipinski definition) is 2. The summed E-state index contributed by atoms with van der Waals surface area (Å²) in [7, 11) is 0. The van der Waals surface area contributed by atoms with Crippen LogP contribution >= 0.6 is 0 Å². The van der Waals surface area contributed by atoms with E-state index in [1.165, 1.54) is 57.3 Å². The minimum atomic E-state index is 0.335. The minimum absolute atomic E-state index is 0.335. The Balaban J connectivity index is 1.64. The van der Waals surface area contributed by atoms with Gasteiger partial charge in [-0.2, -0.15) is 0 Å². The molecule has 0 aliphatic carbocycles. The van der Waals surface area contributed by atoms with E-state index < -0.39 is 0 Å². The van der Waals surface area contributed by atoms with Crippen molar-refractivity contribution in [3.63, 3.8) is 0 Å². The fourth-order valence-electron chi connectivity index (χ4n) is 4.79. The maximum Gasteiger partial charge on any atom is 0.103 e. The molecule has 4 aromatic carbocycles. The van der Waals surface area contributed by atoms with Crippen LogP contribution in [0.15, 0.2) is 54.6 Å². The Morgan fingerprint density at radius 3 is 2.40 bits per heavy atom. The topological polar surface area (TPSA) is 24.7 Å². The van der Waals surface area contributed by atoms with Gasteiger partial charge in [-0.05, 0) is 45.2 Å². The zero-order valence-corrected chi connectivity index (χ0v) is 14.5. The highest BCUT2D eigenvalue weighted by atomic mass is 16.3. The Kier molecular flexibility index (Phi) is 3.61. The predicted octanol–water partition coefficient (Wildman–Crippen LogP) is 3.37. The quantitative estimate of drug-likeness (QED) is 0.553. The molecule has 5 rings (SSSR count). The van der Waals surface area contributed by atoms with E-state index in [2.05, 4.69) is 54.6 Å². The molecule has 2 nitrogen and oxygen atoms in total. The Morgan fingerprint density at radius 2 is 1.60 bits per heavy atom. The van der Waals surface area contributed by atoms with E-state index in [0.717, 1.165) is 13.1 Å². The summed E-state index contributed by atoms with van der Waals surface area (Å²) in [5.41, 5.74) is 1.44. The van der Waals surface area contributed by atoms with Gasteiger partial charge in [0.15, 0.2) is 0 Å². The second kappa shape index (κ2) is 5.98. The average Bonchev–Trinajstić information content (AvgIpc) is 2.67. The molecule has 0 aromatic heterocycles. The number of likely N-dealkylation sites (tertiary alicyclic amines) is 1. The molecule has 1 aliphatic rings. The van der Waals surface area contributed by atoms with Gasteiger partial charge in [0.05, 0.1) is 19.7 Å². The molecule has 4 aromatic rings. The minimum Gasteiger partial charge on any atom is -0.396 e. The highest BCUT2D eigenvalue weighted by molar-refractivity contribution is 6.23. The van der Waals surface area contributed by atoms with E-state index >= 15 is 0 Å². The van der Waals surface area contributed by atoms with Gasteiger partial charge >= 0.3 is 0 Å². The van der Waals surface area contributed by atoms with Crippen molar-refractivity contribution in [2.24, 2.45) is 5.92 Å². The Morgan fingerprint density at radius 1 is 0.880 bits per heavy atom. The van der Waals surface area contributed by atoms with Crippen molar-refractivity contribution < 1.29 is 10.0 Å². The third kappa shape index (κ3) is 2.48. The van der Waals surface area contributed by atoms with E-state index in [1.54, 1.807) is 4.90 Å². The molecule has 2 heteroatoms. The average molecular weight is 330 g/mol. The largest absolute Gasteiger partial charge is 0.396 e. The van der Waals surface area contributed by atoms with Gasteiger partial charge in [0, 0.05) is 11.5 Å². The van der Waals surface area contributed by atoms with Gasteiger partial charge in [0.1, 0.15) is 6.54 Å². The van der Waals surface area contributed by atoms with E-state index in [-0.39, 0.29) is 0 Å². The van der Waals surface area contributed by atoms with Gasteiger partial charge in [0.25, 0.3) is 0 Å². The Hall–Kier alpha value is -2.16. The lowest BCUT2D eigenvalue weighted by Crippen LogP contribution is -3.12. The molecule has 0 bridgehead atoms. The van der Waals surface area contributed by atoms with Crippen LogP contribution in [0.2, 0.25) is 0 Å². The summed E-state index contributed by atoms with van der Waals surface area (Å²) in [5.74, 6) is 0.475. The molecular formula is C23H24NO+. The monoisotopic (exact) mass is 330 g/mol. The van der Waals surface area contributed by atoms with E-state index in [4.69, 9.17) is 0 Å². The molecule has 2 atom stereocenters. The Bertz CT molecular complexity index is 1020.